The van der Waals surface area contributed by atoms with Gasteiger partial charge in [-0.15, -0.1) is 0 Å². The van der Waals surface area contributed by atoms with Crippen LogP contribution in [0.1, 0.15) is 21.5 Å². The van der Waals surface area contributed by atoms with E-state index in [0.717, 1.165) is 29.7 Å². The third kappa shape index (κ3) is 2.26. The van der Waals surface area contributed by atoms with Gasteiger partial charge in [0.1, 0.15) is 5.75 Å². The number of ether oxygens (including phenoxy) is 1. The van der Waals surface area contributed by atoms with Crippen LogP contribution in [0.2, 0.25) is 0 Å². The summed E-state index contributed by atoms with van der Waals surface area (Å²) < 4.78 is 5.19. The van der Waals surface area contributed by atoms with Gasteiger partial charge < -0.3 is 4.74 Å². The summed E-state index contributed by atoms with van der Waals surface area (Å²) in [5, 5.41) is 0. The largest absolute Gasteiger partial charge is 0.497 e. The zero-order valence-corrected chi connectivity index (χ0v) is 10.9. The smallest absolute Gasteiger partial charge is 0.167 e. The van der Waals surface area contributed by atoms with Gasteiger partial charge in [-0.25, -0.2) is 0 Å². The van der Waals surface area contributed by atoms with Crippen LogP contribution in [0.25, 0.3) is 0 Å². The van der Waals surface area contributed by atoms with E-state index in [2.05, 4.69) is 12.1 Å². The maximum absolute atomic E-state index is 12.4. The summed E-state index contributed by atoms with van der Waals surface area (Å²) in [5.41, 5.74) is 3.20. The number of hydrogen-bond acceptors (Lipinski definition) is 2. The second kappa shape index (κ2) is 4.88. The van der Waals surface area contributed by atoms with Crippen LogP contribution >= 0.6 is 0 Å². The van der Waals surface area contributed by atoms with E-state index in [1.165, 1.54) is 5.56 Å². The molecule has 19 heavy (non-hydrogen) atoms. The van der Waals surface area contributed by atoms with Gasteiger partial charge in [0.2, 0.25) is 0 Å². The lowest BCUT2D eigenvalue weighted by molar-refractivity contribution is 0.0936. The summed E-state index contributed by atoms with van der Waals surface area (Å²) in [6.45, 7) is 0. The molecule has 0 fully saturated rings. The fourth-order valence-corrected chi connectivity index (χ4v) is 2.73. The minimum absolute atomic E-state index is 0.0736. The summed E-state index contributed by atoms with van der Waals surface area (Å²) in [5.74, 6) is 1.08. The van der Waals surface area contributed by atoms with Crippen LogP contribution in [-0.2, 0) is 12.8 Å². The number of carbonyl (C=O) groups is 1. The first-order valence-corrected chi connectivity index (χ1v) is 6.53. The molecule has 1 atom stereocenters. The normalized spacial score (nSPS) is 17.3. The number of hydrogen-bond donors (Lipinski definition) is 0. The predicted octanol–water partition coefficient (Wildman–Crippen LogP) is 3.29. The average Bonchev–Trinajstić information content (AvgIpc) is 2.76. The Labute approximate surface area is 113 Å². The van der Waals surface area contributed by atoms with E-state index >= 15 is 0 Å². The van der Waals surface area contributed by atoms with Crippen LogP contribution in [0, 0.1) is 5.92 Å². The Balaban J connectivity index is 1.83. The van der Waals surface area contributed by atoms with E-state index < -0.39 is 0 Å². The summed E-state index contributed by atoms with van der Waals surface area (Å²) in [7, 11) is 1.63. The van der Waals surface area contributed by atoms with Crippen LogP contribution in [0.5, 0.6) is 5.75 Å². The standard InChI is InChI=1S/C17H16O2/c1-19-15-8-7-13-10-14(17(18)16(13)11-15)9-12-5-3-2-4-6-12/h2-8,11,14H,9-10H2,1H3/t14-/m1/s1. The molecule has 2 aromatic carbocycles. The van der Waals surface area contributed by atoms with Gasteiger partial charge in [0.25, 0.3) is 0 Å². The van der Waals surface area contributed by atoms with Gasteiger partial charge in [0, 0.05) is 11.5 Å². The second-order valence-corrected chi connectivity index (χ2v) is 4.98. The molecule has 96 valence electrons. The van der Waals surface area contributed by atoms with E-state index in [4.69, 9.17) is 4.74 Å². The first kappa shape index (κ1) is 12.0. The highest BCUT2D eigenvalue weighted by atomic mass is 16.5. The summed E-state index contributed by atoms with van der Waals surface area (Å²) in [4.78, 5) is 12.4. The Morgan fingerprint density at radius 3 is 2.68 bits per heavy atom. The highest BCUT2D eigenvalue weighted by Gasteiger charge is 2.30. The Bertz CT molecular complexity index is 602. The van der Waals surface area contributed by atoms with Crippen LogP contribution < -0.4 is 4.74 Å². The first-order valence-electron chi connectivity index (χ1n) is 6.53. The number of methoxy groups -OCH3 is 1. The molecule has 2 heteroatoms. The molecule has 0 saturated heterocycles. The first-order chi connectivity index (χ1) is 9.28. The molecule has 0 unspecified atom stereocenters. The zero-order valence-electron chi connectivity index (χ0n) is 10.9. The maximum Gasteiger partial charge on any atom is 0.167 e. The molecule has 0 amide bonds. The van der Waals surface area contributed by atoms with Gasteiger partial charge >= 0.3 is 0 Å². The van der Waals surface area contributed by atoms with Gasteiger partial charge in [-0.05, 0) is 36.1 Å². The fourth-order valence-electron chi connectivity index (χ4n) is 2.73. The molecule has 0 N–H and O–H groups in total. The molecule has 0 radical (unpaired) electrons. The van der Waals surface area contributed by atoms with E-state index in [9.17, 15) is 4.79 Å². The number of ketones is 1. The molecule has 0 bridgehead atoms. The molecular weight excluding hydrogens is 236 g/mol. The van der Waals surface area contributed by atoms with Crippen molar-refractivity contribution in [3.05, 3.63) is 65.2 Å². The number of benzene rings is 2. The zero-order chi connectivity index (χ0) is 13.2. The maximum atomic E-state index is 12.4. The topological polar surface area (TPSA) is 26.3 Å². The summed E-state index contributed by atoms with van der Waals surface area (Å²) in [6.07, 6.45) is 1.66. The van der Waals surface area contributed by atoms with Crippen molar-refractivity contribution in [2.75, 3.05) is 7.11 Å². The van der Waals surface area contributed by atoms with Crippen LogP contribution in [-0.4, -0.2) is 12.9 Å². The fraction of sp³-hybridized carbons (Fsp3) is 0.235. The third-order valence-corrected chi connectivity index (χ3v) is 3.74. The van der Waals surface area contributed by atoms with Crippen LogP contribution in [0.15, 0.2) is 48.5 Å². The van der Waals surface area contributed by atoms with Crippen molar-refractivity contribution >= 4 is 5.78 Å². The van der Waals surface area contributed by atoms with E-state index in [1.807, 2.05) is 36.4 Å². The van der Waals surface area contributed by atoms with Crippen LogP contribution in [0.3, 0.4) is 0 Å². The molecule has 1 aliphatic carbocycles. The number of Topliss-reactive ketones (excluding diaryl/α,β-unsaturated/α-hetero) is 1. The Morgan fingerprint density at radius 2 is 1.95 bits per heavy atom. The highest BCUT2D eigenvalue weighted by Crippen LogP contribution is 2.31. The van der Waals surface area contributed by atoms with Crippen molar-refractivity contribution < 1.29 is 9.53 Å². The molecule has 0 aromatic heterocycles. The molecule has 0 aliphatic heterocycles. The van der Waals surface area contributed by atoms with Crippen molar-refractivity contribution in [3.8, 4) is 5.75 Å². The number of rotatable bonds is 3. The van der Waals surface area contributed by atoms with Gasteiger partial charge in [-0.2, -0.15) is 0 Å². The average molecular weight is 252 g/mol. The van der Waals surface area contributed by atoms with E-state index in [0.29, 0.717) is 0 Å². The minimum atomic E-state index is 0.0736. The number of fused-ring (bicyclic) bond motifs is 1. The highest BCUT2D eigenvalue weighted by molar-refractivity contribution is 6.02. The van der Waals surface area contributed by atoms with Crippen molar-refractivity contribution in [1.82, 2.24) is 0 Å². The monoisotopic (exact) mass is 252 g/mol. The van der Waals surface area contributed by atoms with Crippen molar-refractivity contribution in [2.45, 2.75) is 12.8 Å². The SMILES string of the molecule is COc1ccc2c(c1)C(=O)[C@H](Cc1ccccc1)C2. The minimum Gasteiger partial charge on any atom is -0.497 e. The molecule has 2 nitrogen and oxygen atoms in total. The number of carbonyl (C=O) groups excluding carboxylic acids is 1. The van der Waals surface area contributed by atoms with Gasteiger partial charge in [0.15, 0.2) is 5.78 Å². The van der Waals surface area contributed by atoms with Gasteiger partial charge in [-0.3, -0.25) is 4.79 Å². The molecule has 3 rings (SSSR count). The van der Waals surface area contributed by atoms with Gasteiger partial charge in [0.05, 0.1) is 7.11 Å². The van der Waals surface area contributed by atoms with Crippen LogP contribution in [0.4, 0.5) is 0 Å². The van der Waals surface area contributed by atoms with E-state index in [1.54, 1.807) is 7.11 Å². The van der Waals surface area contributed by atoms with Crippen molar-refractivity contribution in [2.24, 2.45) is 5.92 Å². The molecule has 0 spiro atoms. The Hall–Kier alpha value is -2.09. The molecule has 0 saturated carbocycles. The Morgan fingerprint density at radius 1 is 1.16 bits per heavy atom. The summed E-state index contributed by atoms with van der Waals surface area (Å²) >= 11 is 0. The summed E-state index contributed by atoms with van der Waals surface area (Å²) in [6, 6.07) is 16.0. The molecule has 0 heterocycles. The Kier molecular flexibility index (Phi) is 3.08. The van der Waals surface area contributed by atoms with Crippen molar-refractivity contribution in [1.29, 1.82) is 0 Å². The molecule has 1 aliphatic rings. The lowest BCUT2D eigenvalue weighted by atomic mass is 9.96. The van der Waals surface area contributed by atoms with Crippen molar-refractivity contribution in [3.63, 3.8) is 0 Å². The molecule has 2 aromatic rings. The van der Waals surface area contributed by atoms with E-state index in [-0.39, 0.29) is 11.7 Å². The molecular formula is C17H16O2. The quantitative estimate of drug-likeness (QED) is 0.837. The van der Waals surface area contributed by atoms with Gasteiger partial charge in [-0.1, -0.05) is 36.4 Å². The lowest BCUT2D eigenvalue weighted by Crippen LogP contribution is -2.12. The predicted molar refractivity (Wildman–Crippen MR) is 74.7 cm³/mol. The lowest BCUT2D eigenvalue weighted by Gasteiger charge is -2.07. The third-order valence-electron chi connectivity index (χ3n) is 3.74. The second-order valence-electron chi connectivity index (χ2n) is 4.98.